The summed E-state index contributed by atoms with van der Waals surface area (Å²) in [4.78, 5) is 16.4. The fraction of sp³-hybridized carbons (Fsp3) is 0.0667. The molecule has 0 saturated heterocycles. The first-order valence-corrected chi connectivity index (χ1v) is 8.23. The lowest BCUT2D eigenvalue weighted by Gasteiger charge is -2.07. The zero-order chi connectivity index (χ0) is 18.0. The summed E-state index contributed by atoms with van der Waals surface area (Å²) in [5.74, 6) is -0.136. The molecule has 0 unspecified atom stereocenters. The van der Waals surface area contributed by atoms with Gasteiger partial charge in [0.1, 0.15) is 6.54 Å². The van der Waals surface area contributed by atoms with Crippen molar-refractivity contribution < 1.29 is 4.79 Å². The molecular weight excluding hydrogens is 383 g/mol. The molecule has 0 atom stereocenters. The summed E-state index contributed by atoms with van der Waals surface area (Å²) in [6.07, 6.45) is 3.25. The van der Waals surface area contributed by atoms with E-state index in [1.54, 1.807) is 36.7 Å². The lowest BCUT2D eigenvalue weighted by Crippen LogP contribution is -2.15. The van der Waals surface area contributed by atoms with Crippen LogP contribution in [0.4, 0.5) is 11.6 Å². The Morgan fingerprint density at radius 1 is 1.24 bits per heavy atom. The summed E-state index contributed by atoms with van der Waals surface area (Å²) in [6, 6.07) is 8.16. The number of aromatic nitrogens is 4. The number of halogens is 2. The van der Waals surface area contributed by atoms with Crippen molar-refractivity contribution in [3.8, 4) is 0 Å². The van der Waals surface area contributed by atoms with Crippen molar-refractivity contribution in [1.82, 2.24) is 19.4 Å². The zero-order valence-electron chi connectivity index (χ0n) is 12.7. The fourth-order valence-corrected chi connectivity index (χ4v) is 2.88. The van der Waals surface area contributed by atoms with Crippen LogP contribution in [0.5, 0.6) is 0 Å². The van der Waals surface area contributed by atoms with Gasteiger partial charge < -0.3 is 5.73 Å². The van der Waals surface area contributed by atoms with E-state index in [1.807, 2.05) is 0 Å². The number of carbonyl (C=O) groups is 1. The van der Waals surface area contributed by atoms with Gasteiger partial charge >= 0.3 is 0 Å². The van der Waals surface area contributed by atoms with E-state index in [1.165, 1.54) is 15.4 Å². The number of rotatable bonds is 5. The number of anilines is 2. The third kappa shape index (κ3) is 3.81. The molecule has 10 heteroatoms. The van der Waals surface area contributed by atoms with Crippen molar-refractivity contribution in [2.75, 3.05) is 11.2 Å². The highest BCUT2D eigenvalue weighted by molar-refractivity contribution is 7.71. The van der Waals surface area contributed by atoms with Crippen molar-refractivity contribution in [2.24, 2.45) is 0 Å². The maximum atomic E-state index is 12.5. The Morgan fingerprint density at radius 2 is 1.96 bits per heavy atom. The van der Waals surface area contributed by atoms with Gasteiger partial charge in [0.2, 0.25) is 10.7 Å². The second-order valence-corrected chi connectivity index (χ2v) is 6.24. The number of benzene rings is 1. The molecule has 3 aromatic rings. The van der Waals surface area contributed by atoms with Crippen molar-refractivity contribution in [1.29, 1.82) is 0 Å². The first-order chi connectivity index (χ1) is 12.0. The maximum absolute atomic E-state index is 12.5. The average Bonchev–Trinajstić information content (AvgIpc) is 2.83. The van der Waals surface area contributed by atoms with Crippen LogP contribution in [0.2, 0.25) is 10.0 Å². The number of pyridine rings is 1. The molecule has 128 valence electrons. The molecular formula is C15H12Cl2N6OS. The fourth-order valence-electron chi connectivity index (χ4n) is 2.13. The minimum atomic E-state index is -0.258. The molecule has 0 bridgehead atoms. The monoisotopic (exact) mass is 394 g/mol. The molecule has 0 radical (unpaired) electrons. The molecule has 2 aromatic heterocycles. The molecule has 3 N–H and O–H groups in total. The molecule has 0 aliphatic carbocycles. The summed E-state index contributed by atoms with van der Waals surface area (Å²) in [6.45, 7) is -0.102. The molecule has 0 fully saturated rings. The smallest absolute Gasteiger partial charge is 0.240 e. The highest BCUT2D eigenvalue weighted by Crippen LogP contribution is 2.22. The Labute approximate surface area is 158 Å². The van der Waals surface area contributed by atoms with Gasteiger partial charge in [-0.25, -0.2) is 4.68 Å². The number of carbonyl (C=O) groups excluding carboxylic acids is 1. The van der Waals surface area contributed by atoms with E-state index in [2.05, 4.69) is 15.5 Å². The van der Waals surface area contributed by atoms with E-state index in [9.17, 15) is 4.79 Å². The van der Waals surface area contributed by atoms with E-state index in [-0.39, 0.29) is 28.1 Å². The molecule has 25 heavy (non-hydrogen) atoms. The number of nitrogen functional groups attached to an aromatic ring is 1. The predicted molar refractivity (Wildman–Crippen MR) is 99.5 cm³/mol. The van der Waals surface area contributed by atoms with E-state index in [0.717, 1.165) is 5.69 Å². The van der Waals surface area contributed by atoms with Crippen LogP contribution in [-0.2, 0) is 6.54 Å². The van der Waals surface area contributed by atoms with Crippen LogP contribution in [0.25, 0.3) is 0 Å². The first-order valence-electron chi connectivity index (χ1n) is 7.06. The molecule has 0 saturated carbocycles. The summed E-state index contributed by atoms with van der Waals surface area (Å²) < 4.78 is 2.97. The molecule has 1 aromatic carbocycles. The van der Waals surface area contributed by atoms with Crippen molar-refractivity contribution in [3.05, 3.63) is 63.1 Å². The SMILES string of the molecule is Nc1nn(CC(=O)c2ccc(Cl)cc2Cl)c(=S)n1Nc1ccncc1. The van der Waals surface area contributed by atoms with Gasteiger partial charge in [0.25, 0.3) is 0 Å². The van der Waals surface area contributed by atoms with Gasteiger partial charge in [0, 0.05) is 23.0 Å². The van der Waals surface area contributed by atoms with Gasteiger partial charge in [-0.1, -0.05) is 23.2 Å². The quantitative estimate of drug-likeness (QED) is 0.508. The van der Waals surface area contributed by atoms with Crippen molar-refractivity contribution in [3.63, 3.8) is 0 Å². The number of nitrogens with zero attached hydrogens (tertiary/aromatic N) is 4. The first kappa shape index (κ1) is 17.4. The molecule has 0 amide bonds. The van der Waals surface area contributed by atoms with Crippen LogP contribution in [0.3, 0.4) is 0 Å². The average molecular weight is 395 g/mol. The van der Waals surface area contributed by atoms with Gasteiger partial charge in [-0.05, 0) is 42.5 Å². The molecule has 0 aliphatic heterocycles. The van der Waals surface area contributed by atoms with E-state index < -0.39 is 0 Å². The molecule has 7 nitrogen and oxygen atoms in total. The van der Waals surface area contributed by atoms with Crippen LogP contribution in [0.1, 0.15) is 10.4 Å². The zero-order valence-corrected chi connectivity index (χ0v) is 15.0. The van der Waals surface area contributed by atoms with Gasteiger partial charge in [-0.2, -0.15) is 4.68 Å². The normalized spacial score (nSPS) is 10.6. The highest BCUT2D eigenvalue weighted by atomic mass is 35.5. The number of Topliss-reactive ketones (excluding diaryl/α,β-unsaturated/α-hetero) is 1. The predicted octanol–water partition coefficient (Wildman–Crippen LogP) is 3.46. The maximum Gasteiger partial charge on any atom is 0.240 e. The second kappa shape index (κ2) is 7.22. The number of nitrogens with one attached hydrogen (secondary N) is 1. The largest absolute Gasteiger partial charge is 0.366 e. The van der Waals surface area contributed by atoms with Gasteiger partial charge in [-0.3, -0.25) is 15.2 Å². The van der Waals surface area contributed by atoms with Crippen molar-refractivity contribution >= 4 is 52.8 Å². The Morgan fingerprint density at radius 3 is 2.64 bits per heavy atom. The number of hydrogen-bond donors (Lipinski definition) is 2. The van der Waals surface area contributed by atoms with Gasteiger partial charge in [-0.15, -0.1) is 5.10 Å². The third-order valence-electron chi connectivity index (χ3n) is 3.31. The summed E-state index contributed by atoms with van der Waals surface area (Å²) in [5.41, 5.74) is 9.95. The lowest BCUT2D eigenvalue weighted by atomic mass is 10.1. The Balaban J connectivity index is 1.85. The van der Waals surface area contributed by atoms with Crippen LogP contribution in [0, 0.1) is 4.77 Å². The number of hydrogen-bond acceptors (Lipinski definition) is 6. The molecule has 2 heterocycles. The Kier molecular flexibility index (Phi) is 5.03. The lowest BCUT2D eigenvalue weighted by molar-refractivity contribution is 0.0967. The molecule has 3 rings (SSSR count). The highest BCUT2D eigenvalue weighted by Gasteiger charge is 2.15. The Bertz CT molecular complexity index is 985. The molecule has 0 spiro atoms. The number of ketones is 1. The third-order valence-corrected chi connectivity index (χ3v) is 4.25. The summed E-state index contributed by atoms with van der Waals surface area (Å²) in [7, 11) is 0. The van der Waals surface area contributed by atoms with Crippen LogP contribution in [-0.4, -0.2) is 25.2 Å². The van der Waals surface area contributed by atoms with E-state index in [4.69, 9.17) is 41.2 Å². The second-order valence-electron chi connectivity index (χ2n) is 5.03. The van der Waals surface area contributed by atoms with Gasteiger partial charge in [0.05, 0.1) is 10.7 Å². The van der Waals surface area contributed by atoms with Crippen LogP contribution < -0.4 is 11.2 Å². The summed E-state index contributed by atoms with van der Waals surface area (Å²) >= 11 is 17.2. The van der Waals surface area contributed by atoms with E-state index in [0.29, 0.717) is 10.6 Å². The van der Waals surface area contributed by atoms with Gasteiger partial charge in [0.15, 0.2) is 5.78 Å². The molecule has 0 aliphatic rings. The van der Waals surface area contributed by atoms with Crippen LogP contribution in [0.15, 0.2) is 42.7 Å². The Hall–Kier alpha value is -2.42. The minimum Gasteiger partial charge on any atom is -0.366 e. The summed E-state index contributed by atoms with van der Waals surface area (Å²) in [5, 5.41) is 4.83. The topological polar surface area (TPSA) is 90.8 Å². The van der Waals surface area contributed by atoms with Crippen LogP contribution >= 0.6 is 35.4 Å². The minimum absolute atomic E-state index is 0.102. The standard InChI is InChI=1S/C15H12Cl2N6OS/c16-9-1-2-11(12(17)7-9)13(24)8-22-15(25)23(14(18)21-22)20-10-3-5-19-6-4-10/h1-7H,8H2,(H2,18,21)(H,19,20). The number of nitrogens with two attached hydrogens (primary N) is 1. The van der Waals surface area contributed by atoms with Crippen molar-refractivity contribution in [2.45, 2.75) is 6.54 Å². The van der Waals surface area contributed by atoms with E-state index >= 15 is 0 Å².